The first kappa shape index (κ1) is 19.1. The van der Waals surface area contributed by atoms with Gasteiger partial charge in [-0.05, 0) is 23.8 Å². The van der Waals surface area contributed by atoms with Gasteiger partial charge in [-0.15, -0.1) is 12.4 Å². The van der Waals surface area contributed by atoms with Crippen LogP contribution in [-0.2, 0) is 9.53 Å². The molecule has 0 saturated carbocycles. The third-order valence-corrected chi connectivity index (χ3v) is 3.40. The van der Waals surface area contributed by atoms with E-state index in [0.717, 1.165) is 5.39 Å². The van der Waals surface area contributed by atoms with Crippen molar-refractivity contribution in [3.05, 3.63) is 42.0 Å². The Morgan fingerprint density at radius 1 is 1.26 bits per heavy atom. The molecule has 2 rings (SSSR count). The summed E-state index contributed by atoms with van der Waals surface area (Å²) in [5.41, 5.74) is 5.80. The average Bonchev–Trinajstić information content (AvgIpc) is 2.53. The normalized spacial score (nSPS) is 12.4. The quantitative estimate of drug-likeness (QED) is 0.843. The van der Waals surface area contributed by atoms with E-state index in [1.165, 1.54) is 14.0 Å². The number of fused-ring (bicyclic) bond motifs is 1. The summed E-state index contributed by atoms with van der Waals surface area (Å²) in [4.78, 5) is 11.5. The smallest absolute Gasteiger partial charge is 0.379 e. The molecule has 2 N–H and O–H groups in total. The van der Waals surface area contributed by atoms with E-state index in [-0.39, 0.29) is 30.3 Å². The molecule has 2 aromatic rings. The average molecular weight is 346 g/mol. The summed E-state index contributed by atoms with van der Waals surface area (Å²) in [6.45, 7) is 1.31. The fraction of sp³-hybridized carbons (Fsp3) is 0.312. The van der Waals surface area contributed by atoms with Gasteiger partial charge in [0, 0.05) is 5.56 Å². The minimum atomic E-state index is -3.85. The number of esters is 1. The number of ether oxygens (including phenoxy) is 2. The molecule has 0 aliphatic carbocycles. The van der Waals surface area contributed by atoms with E-state index >= 15 is 0 Å². The lowest BCUT2D eigenvalue weighted by molar-refractivity contribution is -0.174. The van der Waals surface area contributed by atoms with Crippen LogP contribution in [-0.4, -0.2) is 25.6 Å². The summed E-state index contributed by atoms with van der Waals surface area (Å²) in [7, 11) is 1.36. The van der Waals surface area contributed by atoms with Gasteiger partial charge in [0.15, 0.2) is 0 Å². The highest BCUT2D eigenvalue weighted by atomic mass is 35.5. The molecule has 0 fully saturated rings. The van der Waals surface area contributed by atoms with Crippen LogP contribution in [0.25, 0.3) is 10.8 Å². The van der Waals surface area contributed by atoms with Crippen molar-refractivity contribution in [2.75, 3.05) is 13.7 Å². The number of carbonyl (C=O) groups excluding carboxylic acids is 1. The van der Waals surface area contributed by atoms with Crippen LogP contribution < -0.4 is 10.5 Å². The molecule has 23 heavy (non-hydrogen) atoms. The van der Waals surface area contributed by atoms with Gasteiger partial charge >= 0.3 is 11.9 Å². The second-order valence-electron chi connectivity index (χ2n) is 4.72. The molecule has 1 atom stereocenters. The Bertz CT molecular complexity index is 694. The highest BCUT2D eigenvalue weighted by Crippen LogP contribution is 2.39. The van der Waals surface area contributed by atoms with Crippen molar-refractivity contribution in [1.82, 2.24) is 0 Å². The minimum Gasteiger partial charge on any atom is -0.496 e. The second-order valence-corrected chi connectivity index (χ2v) is 4.72. The lowest BCUT2D eigenvalue weighted by Crippen LogP contribution is -2.42. The molecule has 0 bridgehead atoms. The maximum atomic E-state index is 14.3. The molecule has 7 heteroatoms. The number of hydrogen-bond donors (Lipinski definition) is 1. The Labute approximate surface area is 139 Å². The van der Waals surface area contributed by atoms with Crippen LogP contribution in [0, 0.1) is 0 Å². The van der Waals surface area contributed by atoms with Gasteiger partial charge in [-0.3, -0.25) is 0 Å². The van der Waals surface area contributed by atoms with Crippen molar-refractivity contribution in [3.63, 3.8) is 0 Å². The zero-order valence-corrected chi connectivity index (χ0v) is 13.5. The van der Waals surface area contributed by atoms with E-state index in [1.807, 2.05) is 0 Å². The molecule has 0 aromatic heterocycles. The van der Waals surface area contributed by atoms with E-state index in [0.29, 0.717) is 5.39 Å². The van der Waals surface area contributed by atoms with E-state index in [9.17, 15) is 13.6 Å². The van der Waals surface area contributed by atoms with Gasteiger partial charge in [0.1, 0.15) is 11.8 Å². The molecule has 126 valence electrons. The summed E-state index contributed by atoms with van der Waals surface area (Å²) in [5.74, 6) is -5.29. The summed E-state index contributed by atoms with van der Waals surface area (Å²) in [6, 6.07) is 8.36. The number of carbonyl (C=O) groups is 1. The van der Waals surface area contributed by atoms with Crippen LogP contribution in [0.5, 0.6) is 5.75 Å². The number of alkyl halides is 2. The summed E-state index contributed by atoms with van der Waals surface area (Å²) < 4.78 is 38.1. The molecular weight excluding hydrogens is 328 g/mol. The van der Waals surface area contributed by atoms with Crippen molar-refractivity contribution in [3.8, 4) is 5.75 Å². The predicted molar refractivity (Wildman–Crippen MR) is 86.3 cm³/mol. The summed E-state index contributed by atoms with van der Waals surface area (Å²) in [5, 5.41) is 1.24. The lowest BCUT2D eigenvalue weighted by Gasteiger charge is -2.24. The number of hydrogen-bond acceptors (Lipinski definition) is 4. The third-order valence-electron chi connectivity index (χ3n) is 3.40. The van der Waals surface area contributed by atoms with Crippen LogP contribution >= 0.6 is 12.4 Å². The Balaban J connectivity index is 0.00000264. The van der Waals surface area contributed by atoms with Crippen LogP contribution in [0.2, 0.25) is 0 Å². The van der Waals surface area contributed by atoms with Gasteiger partial charge in [0.25, 0.3) is 0 Å². The zero-order chi connectivity index (χ0) is 16.3. The number of rotatable bonds is 5. The molecule has 0 aliphatic rings. The molecule has 0 spiro atoms. The Morgan fingerprint density at radius 2 is 1.91 bits per heavy atom. The fourth-order valence-corrected chi connectivity index (χ4v) is 2.31. The zero-order valence-electron chi connectivity index (χ0n) is 12.7. The number of methoxy groups -OCH3 is 1. The fourth-order valence-electron chi connectivity index (χ4n) is 2.31. The van der Waals surface area contributed by atoms with Gasteiger partial charge in [-0.1, -0.05) is 30.3 Å². The molecule has 0 unspecified atom stereocenters. The number of nitrogens with two attached hydrogens (primary N) is 1. The molecule has 4 nitrogen and oxygen atoms in total. The van der Waals surface area contributed by atoms with Crippen LogP contribution in [0.4, 0.5) is 8.78 Å². The van der Waals surface area contributed by atoms with Gasteiger partial charge in [-0.2, -0.15) is 8.78 Å². The summed E-state index contributed by atoms with van der Waals surface area (Å²) >= 11 is 0. The molecule has 0 saturated heterocycles. The van der Waals surface area contributed by atoms with Gasteiger partial charge in [-0.25, -0.2) is 4.79 Å². The Hall–Kier alpha value is -1.92. The SMILES string of the molecule is CCOC(=O)C(F)(F)[C@H](N)c1c(OC)ccc2ccccc12.Cl. The van der Waals surface area contributed by atoms with E-state index < -0.39 is 17.9 Å². The molecule has 0 radical (unpaired) electrons. The van der Waals surface area contributed by atoms with Gasteiger partial charge in [0.05, 0.1) is 13.7 Å². The van der Waals surface area contributed by atoms with Crippen molar-refractivity contribution in [2.45, 2.75) is 18.9 Å². The van der Waals surface area contributed by atoms with Gasteiger partial charge in [0.2, 0.25) is 0 Å². The van der Waals surface area contributed by atoms with Crippen LogP contribution in [0.3, 0.4) is 0 Å². The molecular formula is C16H18ClF2NO3. The first-order valence-corrected chi connectivity index (χ1v) is 6.79. The highest BCUT2D eigenvalue weighted by Gasteiger charge is 2.49. The van der Waals surface area contributed by atoms with Crippen molar-refractivity contribution < 1.29 is 23.0 Å². The van der Waals surface area contributed by atoms with Crippen LogP contribution in [0.15, 0.2) is 36.4 Å². The summed E-state index contributed by atoms with van der Waals surface area (Å²) in [6.07, 6.45) is 0. The minimum absolute atomic E-state index is 0. The number of halogens is 3. The van der Waals surface area contributed by atoms with Crippen LogP contribution in [0.1, 0.15) is 18.5 Å². The molecule has 0 aliphatic heterocycles. The lowest BCUT2D eigenvalue weighted by atomic mass is 9.94. The molecule has 0 heterocycles. The standard InChI is InChI=1S/C16H17F2NO3.ClH/c1-3-22-15(20)16(17,18)14(19)13-11-7-5-4-6-10(11)8-9-12(13)21-2;/h4-9,14H,3,19H2,1-2H3;1H/t14-;/m1./s1. The van der Waals surface area contributed by atoms with E-state index in [1.54, 1.807) is 36.4 Å². The van der Waals surface area contributed by atoms with E-state index in [4.69, 9.17) is 10.5 Å². The number of benzene rings is 2. The maximum Gasteiger partial charge on any atom is 0.379 e. The van der Waals surface area contributed by atoms with Crippen molar-refractivity contribution in [2.24, 2.45) is 5.73 Å². The second kappa shape index (κ2) is 7.57. The van der Waals surface area contributed by atoms with E-state index in [2.05, 4.69) is 4.74 Å². The maximum absolute atomic E-state index is 14.3. The van der Waals surface area contributed by atoms with Crippen molar-refractivity contribution in [1.29, 1.82) is 0 Å². The molecule has 2 aromatic carbocycles. The first-order chi connectivity index (χ1) is 10.4. The predicted octanol–water partition coefficient (Wildman–Crippen LogP) is 3.47. The van der Waals surface area contributed by atoms with Gasteiger partial charge < -0.3 is 15.2 Å². The topological polar surface area (TPSA) is 61.5 Å². The Morgan fingerprint density at radius 3 is 2.52 bits per heavy atom. The molecule has 0 amide bonds. The monoisotopic (exact) mass is 345 g/mol. The Kier molecular flexibility index (Phi) is 6.29. The van der Waals surface area contributed by atoms with Crippen molar-refractivity contribution >= 4 is 29.1 Å². The third kappa shape index (κ3) is 3.54. The largest absolute Gasteiger partial charge is 0.496 e. The first-order valence-electron chi connectivity index (χ1n) is 6.79. The highest BCUT2D eigenvalue weighted by molar-refractivity contribution is 5.90.